The van der Waals surface area contributed by atoms with Gasteiger partial charge in [0.1, 0.15) is 0 Å². The van der Waals surface area contributed by atoms with Gasteiger partial charge in [0.25, 0.3) is 0 Å². The lowest BCUT2D eigenvalue weighted by atomic mass is 10.2. The van der Waals surface area contributed by atoms with Crippen molar-refractivity contribution < 1.29 is 0 Å². The van der Waals surface area contributed by atoms with E-state index in [9.17, 15) is 0 Å². The lowest BCUT2D eigenvalue weighted by Gasteiger charge is -2.09. The minimum Gasteiger partial charge on any atom is -0.381 e. The summed E-state index contributed by atoms with van der Waals surface area (Å²) in [5.41, 5.74) is 3.46. The number of nitrogens with one attached hydrogen (secondary N) is 1. The summed E-state index contributed by atoms with van der Waals surface area (Å²) in [6, 6.07) is 20.3. The maximum absolute atomic E-state index is 5.88. The second kappa shape index (κ2) is 5.85. The van der Waals surface area contributed by atoms with E-state index in [0.717, 1.165) is 22.9 Å². The fraction of sp³-hybridized carbons (Fsp3) is 0.0588. The van der Waals surface area contributed by atoms with Gasteiger partial charge in [0.2, 0.25) is 0 Å². The first-order valence-electron chi connectivity index (χ1n) is 6.53. The van der Waals surface area contributed by atoms with Gasteiger partial charge in [-0.05, 0) is 48.0 Å². The van der Waals surface area contributed by atoms with E-state index < -0.39 is 0 Å². The molecular formula is C17H15ClN2. The molecule has 0 amide bonds. The van der Waals surface area contributed by atoms with Crippen molar-refractivity contribution in [3.05, 3.63) is 83.6 Å². The zero-order valence-corrected chi connectivity index (χ0v) is 11.7. The van der Waals surface area contributed by atoms with Crippen LogP contribution in [-0.2, 0) is 6.54 Å². The van der Waals surface area contributed by atoms with Crippen LogP contribution in [0.2, 0.25) is 5.02 Å². The summed E-state index contributed by atoms with van der Waals surface area (Å²) in [7, 11) is 0. The summed E-state index contributed by atoms with van der Waals surface area (Å²) < 4.78 is 2.09. The first-order chi connectivity index (χ1) is 9.81. The van der Waals surface area contributed by atoms with Gasteiger partial charge in [-0.2, -0.15) is 0 Å². The van der Waals surface area contributed by atoms with Gasteiger partial charge in [0.05, 0.1) is 0 Å². The van der Waals surface area contributed by atoms with Crippen LogP contribution in [-0.4, -0.2) is 4.57 Å². The standard InChI is InChI=1S/C17H15ClN2/c18-15-8-6-14(7-9-15)13-19-16-4-3-5-17(12-16)20-10-1-2-11-20/h1-12,19H,13H2. The van der Waals surface area contributed by atoms with Crippen LogP contribution in [0.15, 0.2) is 73.1 Å². The zero-order chi connectivity index (χ0) is 13.8. The molecule has 0 aliphatic rings. The Balaban J connectivity index is 1.72. The highest BCUT2D eigenvalue weighted by molar-refractivity contribution is 6.30. The van der Waals surface area contributed by atoms with Crippen molar-refractivity contribution in [2.75, 3.05) is 5.32 Å². The summed E-state index contributed by atoms with van der Waals surface area (Å²) in [5, 5.41) is 4.19. The molecule has 0 aliphatic heterocycles. The molecule has 2 nitrogen and oxygen atoms in total. The Morgan fingerprint density at radius 3 is 2.40 bits per heavy atom. The van der Waals surface area contributed by atoms with Gasteiger partial charge in [-0.15, -0.1) is 0 Å². The Morgan fingerprint density at radius 1 is 0.900 bits per heavy atom. The molecule has 0 atom stereocenters. The molecule has 0 spiro atoms. The highest BCUT2D eigenvalue weighted by atomic mass is 35.5. The molecule has 20 heavy (non-hydrogen) atoms. The third-order valence-corrected chi connectivity index (χ3v) is 3.41. The molecule has 0 unspecified atom stereocenters. The number of hydrogen-bond acceptors (Lipinski definition) is 1. The lowest BCUT2D eigenvalue weighted by Crippen LogP contribution is -2.00. The van der Waals surface area contributed by atoms with Crippen molar-refractivity contribution in [2.45, 2.75) is 6.54 Å². The fourth-order valence-electron chi connectivity index (χ4n) is 2.09. The highest BCUT2D eigenvalue weighted by Gasteiger charge is 1.98. The lowest BCUT2D eigenvalue weighted by molar-refractivity contribution is 1.07. The van der Waals surface area contributed by atoms with Gasteiger partial charge in [0.15, 0.2) is 0 Å². The van der Waals surface area contributed by atoms with E-state index in [1.165, 1.54) is 5.56 Å². The Kier molecular flexibility index (Phi) is 3.75. The summed E-state index contributed by atoms with van der Waals surface area (Å²) in [6.45, 7) is 0.784. The third kappa shape index (κ3) is 3.03. The van der Waals surface area contributed by atoms with E-state index in [-0.39, 0.29) is 0 Å². The van der Waals surface area contributed by atoms with Crippen LogP contribution in [0.25, 0.3) is 5.69 Å². The summed E-state index contributed by atoms with van der Waals surface area (Å²) in [4.78, 5) is 0. The molecule has 0 bridgehead atoms. The molecule has 3 heteroatoms. The van der Waals surface area contributed by atoms with Crippen LogP contribution in [0.5, 0.6) is 0 Å². The molecule has 2 aromatic carbocycles. The predicted molar refractivity (Wildman–Crippen MR) is 84.5 cm³/mol. The van der Waals surface area contributed by atoms with E-state index in [4.69, 9.17) is 11.6 Å². The number of hydrogen-bond donors (Lipinski definition) is 1. The Hall–Kier alpha value is -2.19. The van der Waals surface area contributed by atoms with E-state index in [0.29, 0.717) is 0 Å². The Morgan fingerprint density at radius 2 is 1.65 bits per heavy atom. The predicted octanol–water partition coefficient (Wildman–Crippen LogP) is 4.74. The number of rotatable bonds is 4. The SMILES string of the molecule is Clc1ccc(CNc2cccc(-n3cccc3)c2)cc1. The topological polar surface area (TPSA) is 17.0 Å². The normalized spacial score (nSPS) is 10.4. The Labute approximate surface area is 123 Å². The average molecular weight is 283 g/mol. The summed E-state index contributed by atoms with van der Waals surface area (Å²) >= 11 is 5.88. The molecule has 0 saturated carbocycles. The maximum atomic E-state index is 5.88. The van der Waals surface area contributed by atoms with Gasteiger partial charge in [-0.1, -0.05) is 29.8 Å². The molecule has 3 aromatic rings. The molecule has 0 saturated heterocycles. The van der Waals surface area contributed by atoms with E-state index in [1.54, 1.807) is 0 Å². The number of benzene rings is 2. The van der Waals surface area contributed by atoms with Gasteiger partial charge in [-0.3, -0.25) is 0 Å². The van der Waals surface area contributed by atoms with Crippen LogP contribution in [0.3, 0.4) is 0 Å². The fourth-order valence-corrected chi connectivity index (χ4v) is 2.22. The van der Waals surface area contributed by atoms with Crippen molar-refractivity contribution in [3.63, 3.8) is 0 Å². The smallest absolute Gasteiger partial charge is 0.0469 e. The van der Waals surface area contributed by atoms with E-state index in [1.807, 2.05) is 48.8 Å². The maximum Gasteiger partial charge on any atom is 0.0469 e. The molecule has 100 valence electrons. The molecular weight excluding hydrogens is 268 g/mol. The average Bonchev–Trinajstić information content (AvgIpc) is 3.01. The van der Waals surface area contributed by atoms with Crippen LogP contribution < -0.4 is 5.32 Å². The molecule has 1 N–H and O–H groups in total. The van der Waals surface area contributed by atoms with Crippen LogP contribution in [0.4, 0.5) is 5.69 Å². The largest absolute Gasteiger partial charge is 0.381 e. The quantitative estimate of drug-likeness (QED) is 0.731. The van der Waals surface area contributed by atoms with Crippen molar-refractivity contribution in [2.24, 2.45) is 0 Å². The first kappa shape index (κ1) is 12.8. The second-order valence-corrected chi connectivity index (χ2v) is 5.06. The molecule has 0 aliphatic carbocycles. The number of halogens is 1. The van der Waals surface area contributed by atoms with Crippen molar-refractivity contribution in [1.82, 2.24) is 4.57 Å². The number of aromatic nitrogens is 1. The van der Waals surface area contributed by atoms with Gasteiger partial charge in [0, 0.05) is 35.3 Å². The summed E-state index contributed by atoms with van der Waals surface area (Å²) in [6.07, 6.45) is 4.08. The zero-order valence-electron chi connectivity index (χ0n) is 11.0. The van der Waals surface area contributed by atoms with Crippen molar-refractivity contribution in [1.29, 1.82) is 0 Å². The number of nitrogens with zero attached hydrogens (tertiary/aromatic N) is 1. The molecule has 3 rings (SSSR count). The highest BCUT2D eigenvalue weighted by Crippen LogP contribution is 2.16. The monoisotopic (exact) mass is 282 g/mol. The van der Waals surface area contributed by atoms with Crippen LogP contribution in [0.1, 0.15) is 5.56 Å². The Bertz CT molecular complexity index is 672. The molecule has 0 fully saturated rings. The molecule has 1 aromatic heterocycles. The third-order valence-electron chi connectivity index (χ3n) is 3.16. The first-order valence-corrected chi connectivity index (χ1v) is 6.91. The van der Waals surface area contributed by atoms with Crippen LogP contribution in [0, 0.1) is 0 Å². The molecule has 1 heterocycles. The van der Waals surface area contributed by atoms with E-state index >= 15 is 0 Å². The number of anilines is 1. The van der Waals surface area contributed by atoms with Gasteiger partial charge < -0.3 is 9.88 Å². The van der Waals surface area contributed by atoms with Crippen molar-refractivity contribution in [3.8, 4) is 5.69 Å². The second-order valence-electron chi connectivity index (χ2n) is 4.62. The van der Waals surface area contributed by atoms with Crippen LogP contribution >= 0.6 is 11.6 Å². The van der Waals surface area contributed by atoms with E-state index in [2.05, 4.69) is 34.1 Å². The van der Waals surface area contributed by atoms with Crippen molar-refractivity contribution >= 4 is 17.3 Å². The van der Waals surface area contributed by atoms with Gasteiger partial charge in [-0.25, -0.2) is 0 Å². The minimum atomic E-state index is 0.767. The minimum absolute atomic E-state index is 0.767. The summed E-state index contributed by atoms with van der Waals surface area (Å²) in [5.74, 6) is 0. The van der Waals surface area contributed by atoms with Gasteiger partial charge >= 0.3 is 0 Å². The molecule has 0 radical (unpaired) electrons.